The molecule has 0 heterocycles. The first kappa shape index (κ1) is 24.2. The Labute approximate surface area is 175 Å². The first-order valence-corrected chi connectivity index (χ1v) is 8.97. The molecule has 5 nitrogen and oxygen atoms in total. The number of rotatable bonds is 8. The lowest BCUT2D eigenvalue weighted by Crippen LogP contribution is -2.37. The van der Waals surface area contributed by atoms with Crippen molar-refractivity contribution < 1.29 is 36.1 Å². The summed E-state index contributed by atoms with van der Waals surface area (Å²) in [5.41, 5.74) is -1.71. The molecular formula is C19H18BF6N3O2. The zero-order valence-electron chi connectivity index (χ0n) is 16.3. The second kappa shape index (κ2) is 9.83. The Bertz CT molecular complexity index is 911. The summed E-state index contributed by atoms with van der Waals surface area (Å²) in [5.74, 6) is 0.336. The van der Waals surface area contributed by atoms with Gasteiger partial charge in [-0.1, -0.05) is 6.07 Å². The van der Waals surface area contributed by atoms with Crippen molar-refractivity contribution in [3.63, 3.8) is 0 Å². The van der Waals surface area contributed by atoms with Gasteiger partial charge < -0.3 is 19.9 Å². The highest BCUT2D eigenvalue weighted by atomic mass is 19.4. The maximum atomic E-state index is 13.2. The van der Waals surface area contributed by atoms with E-state index in [1.54, 1.807) is 12.1 Å². The fourth-order valence-corrected chi connectivity index (χ4v) is 2.72. The SMILES string of the molecule is [C-]#[N+]c1ccc(N(CCOc2ccc(NB(C)O)cc2)CC(F)(F)F)cc1C(F)(F)F. The number of anilines is 2. The molecule has 0 aliphatic carbocycles. The van der Waals surface area contributed by atoms with Crippen molar-refractivity contribution in [3.05, 3.63) is 59.4 Å². The molecule has 0 unspecified atom stereocenters. The van der Waals surface area contributed by atoms with Crippen molar-refractivity contribution >= 4 is 24.1 Å². The number of nitrogens with one attached hydrogen (secondary N) is 1. The molecule has 2 aromatic carbocycles. The van der Waals surface area contributed by atoms with Crippen LogP contribution in [0.2, 0.25) is 6.82 Å². The van der Waals surface area contributed by atoms with Gasteiger partial charge in [0.15, 0.2) is 5.69 Å². The van der Waals surface area contributed by atoms with E-state index in [1.807, 2.05) is 0 Å². The minimum absolute atomic E-state index is 0.231. The van der Waals surface area contributed by atoms with E-state index in [1.165, 1.54) is 19.0 Å². The minimum atomic E-state index is -4.88. The molecule has 0 bridgehead atoms. The van der Waals surface area contributed by atoms with Gasteiger partial charge >= 0.3 is 19.4 Å². The smallest absolute Gasteiger partial charge is 0.407 e. The summed E-state index contributed by atoms with van der Waals surface area (Å²) in [6, 6.07) is 8.68. The molecule has 0 fully saturated rings. The Hall–Kier alpha value is -3.07. The van der Waals surface area contributed by atoms with Gasteiger partial charge in [-0.3, -0.25) is 0 Å². The van der Waals surface area contributed by atoms with Gasteiger partial charge in [0.05, 0.1) is 18.7 Å². The number of hydrogen-bond acceptors (Lipinski definition) is 4. The van der Waals surface area contributed by atoms with Crippen LogP contribution in [0.15, 0.2) is 42.5 Å². The van der Waals surface area contributed by atoms with Crippen molar-refractivity contribution in [1.82, 2.24) is 0 Å². The maximum Gasteiger partial charge on any atom is 0.407 e. The van der Waals surface area contributed by atoms with Gasteiger partial charge in [-0.05, 0) is 43.2 Å². The normalized spacial score (nSPS) is 11.6. The summed E-state index contributed by atoms with van der Waals surface area (Å²) in [6.07, 6.45) is -9.54. The third kappa shape index (κ3) is 7.60. The third-order valence-corrected chi connectivity index (χ3v) is 4.00. The van der Waals surface area contributed by atoms with Crippen LogP contribution in [-0.4, -0.2) is 37.9 Å². The quantitative estimate of drug-likeness (QED) is 0.332. The lowest BCUT2D eigenvalue weighted by atomic mass is 9.88. The van der Waals surface area contributed by atoms with Crippen molar-refractivity contribution in [2.24, 2.45) is 0 Å². The fourth-order valence-electron chi connectivity index (χ4n) is 2.72. The molecule has 0 amide bonds. The number of hydrogen-bond donors (Lipinski definition) is 2. The Kier molecular flexibility index (Phi) is 7.67. The van der Waals surface area contributed by atoms with Crippen LogP contribution in [0.5, 0.6) is 5.75 Å². The topological polar surface area (TPSA) is 49.1 Å². The average molecular weight is 445 g/mol. The maximum absolute atomic E-state index is 13.2. The molecule has 0 aliphatic heterocycles. The first-order valence-electron chi connectivity index (χ1n) is 8.97. The second-order valence-corrected chi connectivity index (χ2v) is 6.54. The van der Waals surface area contributed by atoms with Gasteiger partial charge in [0.1, 0.15) is 18.9 Å². The third-order valence-electron chi connectivity index (χ3n) is 4.00. The summed E-state index contributed by atoms with van der Waals surface area (Å²) in [4.78, 5) is 3.50. The zero-order valence-corrected chi connectivity index (χ0v) is 16.3. The summed E-state index contributed by atoms with van der Waals surface area (Å²) in [7, 11) is -0.779. The van der Waals surface area contributed by atoms with Crippen molar-refractivity contribution in [2.45, 2.75) is 19.2 Å². The van der Waals surface area contributed by atoms with Crippen LogP contribution in [0.4, 0.5) is 43.4 Å². The highest BCUT2D eigenvalue weighted by Crippen LogP contribution is 2.39. The van der Waals surface area contributed by atoms with E-state index in [2.05, 4.69) is 10.1 Å². The Morgan fingerprint density at radius 1 is 1.10 bits per heavy atom. The van der Waals surface area contributed by atoms with Crippen molar-refractivity contribution in [1.29, 1.82) is 0 Å². The lowest BCUT2D eigenvalue weighted by molar-refractivity contribution is -0.136. The highest BCUT2D eigenvalue weighted by molar-refractivity contribution is 6.52. The van der Waals surface area contributed by atoms with Gasteiger partial charge in [0, 0.05) is 11.4 Å². The van der Waals surface area contributed by atoms with Gasteiger partial charge in [-0.25, -0.2) is 4.85 Å². The average Bonchev–Trinajstić information content (AvgIpc) is 2.66. The van der Waals surface area contributed by atoms with Crippen LogP contribution < -0.4 is 14.9 Å². The predicted octanol–water partition coefficient (Wildman–Crippen LogP) is 5.23. The molecule has 31 heavy (non-hydrogen) atoms. The second-order valence-electron chi connectivity index (χ2n) is 6.54. The van der Waals surface area contributed by atoms with Gasteiger partial charge in [-0.2, -0.15) is 26.3 Å². The lowest BCUT2D eigenvalue weighted by Gasteiger charge is -2.27. The van der Waals surface area contributed by atoms with E-state index < -0.39 is 37.2 Å². The molecule has 0 atom stereocenters. The van der Waals surface area contributed by atoms with E-state index >= 15 is 0 Å². The molecule has 0 aromatic heterocycles. The Morgan fingerprint density at radius 2 is 1.74 bits per heavy atom. The number of ether oxygens (including phenoxy) is 1. The van der Waals surface area contributed by atoms with Crippen LogP contribution in [0.25, 0.3) is 4.85 Å². The molecule has 2 N–H and O–H groups in total. The first-order chi connectivity index (χ1) is 14.4. The number of alkyl halides is 6. The molecule has 2 rings (SSSR count). The van der Waals surface area contributed by atoms with Crippen LogP contribution in [0, 0.1) is 6.57 Å². The number of halogens is 6. The molecule has 0 saturated carbocycles. The van der Waals surface area contributed by atoms with Gasteiger partial charge in [0.25, 0.3) is 0 Å². The zero-order chi connectivity index (χ0) is 23.2. The molecule has 12 heteroatoms. The molecular weight excluding hydrogens is 427 g/mol. The molecule has 166 valence electrons. The summed E-state index contributed by atoms with van der Waals surface area (Å²) in [6.45, 7) is 6.30. The molecule has 2 aromatic rings. The fraction of sp³-hybridized carbons (Fsp3) is 0.316. The van der Waals surface area contributed by atoms with Crippen molar-refractivity contribution in [3.8, 4) is 5.75 Å². The molecule has 0 spiro atoms. The van der Waals surface area contributed by atoms with E-state index in [0.717, 1.165) is 12.1 Å². The van der Waals surface area contributed by atoms with Crippen molar-refractivity contribution in [2.75, 3.05) is 29.8 Å². The summed E-state index contributed by atoms with van der Waals surface area (Å²) >= 11 is 0. The minimum Gasteiger partial charge on any atom is -0.492 e. The summed E-state index contributed by atoms with van der Waals surface area (Å²) in [5, 5.41) is 12.0. The molecule has 0 saturated heterocycles. The van der Waals surface area contributed by atoms with Crippen LogP contribution >= 0.6 is 0 Å². The number of benzene rings is 2. The van der Waals surface area contributed by atoms with Crippen LogP contribution in [0.3, 0.4) is 0 Å². The summed E-state index contributed by atoms with van der Waals surface area (Å²) < 4.78 is 83.9. The monoisotopic (exact) mass is 445 g/mol. The van der Waals surface area contributed by atoms with E-state index in [0.29, 0.717) is 22.4 Å². The van der Waals surface area contributed by atoms with Gasteiger partial charge in [-0.15, -0.1) is 0 Å². The number of nitrogens with zero attached hydrogens (tertiary/aromatic N) is 2. The van der Waals surface area contributed by atoms with E-state index in [4.69, 9.17) is 11.3 Å². The van der Waals surface area contributed by atoms with E-state index in [-0.39, 0.29) is 18.8 Å². The van der Waals surface area contributed by atoms with E-state index in [9.17, 15) is 31.4 Å². The van der Waals surface area contributed by atoms with Crippen LogP contribution in [0.1, 0.15) is 5.56 Å². The predicted molar refractivity (Wildman–Crippen MR) is 105 cm³/mol. The molecule has 0 aliphatic rings. The largest absolute Gasteiger partial charge is 0.492 e. The van der Waals surface area contributed by atoms with Crippen LogP contribution in [-0.2, 0) is 6.18 Å². The Morgan fingerprint density at radius 3 is 2.26 bits per heavy atom. The molecule has 0 radical (unpaired) electrons. The Balaban J connectivity index is 2.15. The highest BCUT2D eigenvalue weighted by Gasteiger charge is 2.35. The van der Waals surface area contributed by atoms with Gasteiger partial charge in [0.2, 0.25) is 0 Å². The standard InChI is InChI=1S/C19H18BF6N3O2/c1-20(30)28-13-3-6-15(7-4-13)31-10-9-29(12-18(21,22)23)14-5-8-17(27-2)16(11-14)19(24,25)26/h3-8,11,28,30H,9-10,12H2,1H3.